The molecule has 0 bridgehead atoms. The van der Waals surface area contributed by atoms with E-state index in [1.54, 1.807) is 0 Å². The molecule has 25 heavy (non-hydrogen) atoms. The normalized spacial score (nSPS) is 16.8. The first-order valence-electron chi connectivity index (χ1n) is 9.38. The zero-order valence-corrected chi connectivity index (χ0v) is 15.7. The van der Waals surface area contributed by atoms with Gasteiger partial charge in [0.15, 0.2) is 5.82 Å². The zero-order valence-electron chi connectivity index (χ0n) is 15.7. The third-order valence-electron chi connectivity index (χ3n) is 4.92. The van der Waals surface area contributed by atoms with E-state index in [1.165, 1.54) is 18.4 Å². The molecule has 1 aliphatic rings. The molecule has 0 atom stereocenters. The molecule has 0 aliphatic carbocycles. The summed E-state index contributed by atoms with van der Waals surface area (Å²) in [4.78, 5) is 9.44. The van der Waals surface area contributed by atoms with Crippen LogP contribution in [0, 0.1) is 5.92 Å². The number of benzene rings is 1. The predicted octanol–water partition coefficient (Wildman–Crippen LogP) is 3.36. The van der Waals surface area contributed by atoms with Crippen molar-refractivity contribution in [3.8, 4) is 0 Å². The van der Waals surface area contributed by atoms with Crippen LogP contribution in [0.2, 0.25) is 0 Å². The summed E-state index contributed by atoms with van der Waals surface area (Å²) in [7, 11) is 2.17. The van der Waals surface area contributed by atoms with Crippen LogP contribution in [-0.4, -0.2) is 46.1 Å². The number of aromatic nitrogens is 2. The molecule has 1 aromatic carbocycles. The van der Waals surface area contributed by atoms with E-state index >= 15 is 0 Å². The summed E-state index contributed by atoms with van der Waals surface area (Å²) in [6, 6.07) is 11.3. The van der Waals surface area contributed by atoms with Crippen molar-refractivity contribution in [3.63, 3.8) is 0 Å². The predicted molar refractivity (Wildman–Crippen MR) is 99.0 cm³/mol. The van der Waals surface area contributed by atoms with E-state index in [9.17, 15) is 0 Å². The van der Waals surface area contributed by atoms with E-state index in [0.29, 0.717) is 12.0 Å². The van der Waals surface area contributed by atoms with Crippen LogP contribution in [0.15, 0.2) is 34.9 Å². The van der Waals surface area contributed by atoms with Gasteiger partial charge >= 0.3 is 0 Å². The average Bonchev–Trinajstić information content (AvgIpc) is 3.02. The highest BCUT2D eigenvalue weighted by molar-refractivity contribution is 5.14. The van der Waals surface area contributed by atoms with Gasteiger partial charge in [-0.15, -0.1) is 0 Å². The number of hydrogen-bond donors (Lipinski definition) is 0. The molecule has 5 nitrogen and oxygen atoms in total. The molecule has 0 saturated carbocycles. The van der Waals surface area contributed by atoms with Crippen molar-refractivity contribution in [3.05, 3.63) is 47.6 Å². The van der Waals surface area contributed by atoms with Gasteiger partial charge in [-0.05, 0) is 44.5 Å². The molecule has 0 unspecified atom stereocenters. The molecule has 1 fully saturated rings. The van der Waals surface area contributed by atoms with Gasteiger partial charge in [0, 0.05) is 19.0 Å². The van der Waals surface area contributed by atoms with E-state index < -0.39 is 0 Å². The van der Waals surface area contributed by atoms with Gasteiger partial charge in [0.2, 0.25) is 5.89 Å². The van der Waals surface area contributed by atoms with Crippen molar-refractivity contribution >= 4 is 0 Å². The first-order valence-corrected chi connectivity index (χ1v) is 9.38. The Balaban J connectivity index is 1.45. The molecular weight excluding hydrogens is 312 g/mol. The minimum atomic E-state index is 0.553. The Labute approximate surface area is 151 Å². The summed E-state index contributed by atoms with van der Waals surface area (Å²) in [6.07, 6.45) is 3.26. The number of piperidine rings is 1. The average molecular weight is 342 g/mol. The smallest absolute Gasteiger partial charge is 0.240 e. The highest BCUT2D eigenvalue weighted by Crippen LogP contribution is 2.19. The van der Waals surface area contributed by atoms with Gasteiger partial charge < -0.3 is 4.52 Å². The molecule has 0 N–H and O–H groups in total. The Morgan fingerprint density at radius 2 is 1.92 bits per heavy atom. The molecule has 0 radical (unpaired) electrons. The first kappa shape index (κ1) is 18.1. The minimum Gasteiger partial charge on any atom is -0.338 e. The third-order valence-corrected chi connectivity index (χ3v) is 4.92. The van der Waals surface area contributed by atoms with Crippen molar-refractivity contribution in [1.82, 2.24) is 19.9 Å². The lowest BCUT2D eigenvalue weighted by Crippen LogP contribution is -2.42. The minimum absolute atomic E-state index is 0.553. The summed E-state index contributed by atoms with van der Waals surface area (Å²) in [5, 5.41) is 4.09. The lowest BCUT2D eigenvalue weighted by atomic mass is 10.0. The van der Waals surface area contributed by atoms with Crippen molar-refractivity contribution < 1.29 is 4.52 Å². The van der Waals surface area contributed by atoms with E-state index in [4.69, 9.17) is 4.52 Å². The SMILES string of the molecule is CC(C)Cc1noc(CN(C)C2CCN(Cc3ccccc3)CC2)n1. The molecule has 1 aliphatic heterocycles. The highest BCUT2D eigenvalue weighted by Gasteiger charge is 2.23. The van der Waals surface area contributed by atoms with Crippen LogP contribution in [0.4, 0.5) is 0 Å². The highest BCUT2D eigenvalue weighted by atomic mass is 16.5. The Kier molecular flexibility index (Phi) is 6.21. The van der Waals surface area contributed by atoms with Crippen LogP contribution in [0.1, 0.15) is 44.0 Å². The maximum atomic E-state index is 5.41. The molecule has 0 amide bonds. The topological polar surface area (TPSA) is 45.4 Å². The second-order valence-corrected chi connectivity index (χ2v) is 7.61. The van der Waals surface area contributed by atoms with Gasteiger partial charge in [0.05, 0.1) is 6.54 Å². The first-order chi connectivity index (χ1) is 12.1. The number of hydrogen-bond acceptors (Lipinski definition) is 5. The van der Waals surface area contributed by atoms with Gasteiger partial charge in [-0.1, -0.05) is 49.3 Å². The van der Waals surface area contributed by atoms with Crippen LogP contribution in [-0.2, 0) is 19.5 Å². The van der Waals surface area contributed by atoms with Crippen LogP contribution >= 0.6 is 0 Å². The van der Waals surface area contributed by atoms with Gasteiger partial charge in [0.1, 0.15) is 0 Å². The van der Waals surface area contributed by atoms with Crippen LogP contribution in [0.3, 0.4) is 0 Å². The molecular formula is C20H30N4O. The lowest BCUT2D eigenvalue weighted by molar-refractivity contribution is 0.111. The molecule has 136 valence electrons. The summed E-state index contributed by atoms with van der Waals surface area (Å²) in [6.45, 7) is 8.43. The second-order valence-electron chi connectivity index (χ2n) is 7.61. The van der Waals surface area contributed by atoms with Crippen LogP contribution in [0.5, 0.6) is 0 Å². The molecule has 1 aromatic heterocycles. The Morgan fingerprint density at radius 3 is 2.60 bits per heavy atom. The van der Waals surface area contributed by atoms with Crippen molar-refractivity contribution in [2.75, 3.05) is 20.1 Å². The van der Waals surface area contributed by atoms with Crippen molar-refractivity contribution in [2.24, 2.45) is 5.92 Å². The summed E-state index contributed by atoms with van der Waals surface area (Å²) >= 11 is 0. The fourth-order valence-electron chi connectivity index (χ4n) is 3.50. The Morgan fingerprint density at radius 1 is 1.20 bits per heavy atom. The van der Waals surface area contributed by atoms with E-state index in [2.05, 4.69) is 71.2 Å². The standard InChI is InChI=1S/C20H30N4O/c1-16(2)13-19-21-20(25-22-19)15-23(3)18-9-11-24(12-10-18)14-17-7-5-4-6-8-17/h4-8,16,18H,9-15H2,1-3H3. The summed E-state index contributed by atoms with van der Waals surface area (Å²) in [5.74, 6) is 2.12. The Bertz CT molecular complexity index is 632. The lowest BCUT2D eigenvalue weighted by Gasteiger charge is -2.36. The van der Waals surface area contributed by atoms with Crippen molar-refractivity contribution in [2.45, 2.75) is 52.2 Å². The molecule has 2 heterocycles. The molecule has 5 heteroatoms. The largest absolute Gasteiger partial charge is 0.338 e. The fraction of sp³-hybridized carbons (Fsp3) is 0.600. The van der Waals surface area contributed by atoms with Gasteiger partial charge in [0.25, 0.3) is 0 Å². The van der Waals surface area contributed by atoms with E-state index in [0.717, 1.165) is 44.3 Å². The maximum absolute atomic E-state index is 5.41. The monoisotopic (exact) mass is 342 g/mol. The van der Waals surface area contributed by atoms with E-state index in [-0.39, 0.29) is 0 Å². The zero-order chi connectivity index (χ0) is 17.6. The molecule has 3 rings (SSSR count). The molecule has 0 spiro atoms. The van der Waals surface area contributed by atoms with Crippen molar-refractivity contribution in [1.29, 1.82) is 0 Å². The van der Waals surface area contributed by atoms with Crippen LogP contribution < -0.4 is 0 Å². The molecule has 2 aromatic rings. The summed E-state index contributed by atoms with van der Waals surface area (Å²) < 4.78 is 5.41. The third kappa shape index (κ3) is 5.38. The van der Waals surface area contributed by atoms with Gasteiger partial charge in [-0.2, -0.15) is 4.98 Å². The molecule has 1 saturated heterocycles. The Hall–Kier alpha value is -1.72. The fourth-order valence-corrected chi connectivity index (χ4v) is 3.50. The quantitative estimate of drug-likeness (QED) is 0.772. The number of likely N-dealkylation sites (tertiary alicyclic amines) is 1. The van der Waals surface area contributed by atoms with Crippen LogP contribution in [0.25, 0.3) is 0 Å². The summed E-state index contributed by atoms with van der Waals surface area (Å²) in [5.41, 5.74) is 1.40. The second kappa shape index (κ2) is 8.59. The number of rotatable bonds is 7. The maximum Gasteiger partial charge on any atom is 0.240 e. The van der Waals surface area contributed by atoms with Gasteiger partial charge in [-0.3, -0.25) is 9.80 Å². The van der Waals surface area contributed by atoms with Gasteiger partial charge in [-0.25, -0.2) is 0 Å². The van der Waals surface area contributed by atoms with E-state index in [1.807, 2.05) is 0 Å². The number of nitrogens with zero attached hydrogens (tertiary/aromatic N) is 4.